The van der Waals surface area contributed by atoms with Gasteiger partial charge in [0, 0.05) is 13.1 Å². The maximum atomic E-state index is 9.87. The van der Waals surface area contributed by atoms with Crippen molar-refractivity contribution in [2.24, 2.45) is 5.92 Å². The maximum absolute atomic E-state index is 9.87. The van der Waals surface area contributed by atoms with Gasteiger partial charge in [0.25, 0.3) is 0 Å². The highest BCUT2D eigenvalue weighted by Crippen LogP contribution is 2.24. The molecule has 2 N–H and O–H groups in total. The molecule has 2 nitrogen and oxygen atoms in total. The number of benzene rings is 1. The topological polar surface area (TPSA) is 32.3 Å². The molecular formula is C14H19Cl2NO. The van der Waals surface area contributed by atoms with Crippen molar-refractivity contribution in [3.05, 3.63) is 33.8 Å². The number of hydrogen-bond donors (Lipinski definition) is 2. The fourth-order valence-electron chi connectivity index (χ4n) is 2.48. The molecule has 1 fully saturated rings. The fourth-order valence-corrected chi connectivity index (χ4v) is 2.80. The largest absolute Gasteiger partial charge is 0.393 e. The van der Waals surface area contributed by atoms with Gasteiger partial charge in [-0.2, -0.15) is 0 Å². The highest BCUT2D eigenvalue weighted by molar-refractivity contribution is 6.42. The molecule has 4 heteroatoms. The highest BCUT2D eigenvalue weighted by atomic mass is 35.5. The van der Waals surface area contributed by atoms with Gasteiger partial charge in [0.1, 0.15) is 0 Å². The van der Waals surface area contributed by atoms with Gasteiger partial charge in [-0.15, -0.1) is 0 Å². The van der Waals surface area contributed by atoms with E-state index in [1.807, 2.05) is 18.2 Å². The quantitative estimate of drug-likeness (QED) is 0.886. The Labute approximate surface area is 118 Å². The zero-order valence-corrected chi connectivity index (χ0v) is 11.8. The number of halogens is 2. The van der Waals surface area contributed by atoms with Crippen LogP contribution in [0.25, 0.3) is 0 Å². The van der Waals surface area contributed by atoms with Gasteiger partial charge in [-0.3, -0.25) is 0 Å². The summed E-state index contributed by atoms with van der Waals surface area (Å²) in [6.07, 6.45) is 4.31. The van der Waals surface area contributed by atoms with Crippen molar-refractivity contribution >= 4 is 23.2 Å². The van der Waals surface area contributed by atoms with Crippen molar-refractivity contribution in [3.8, 4) is 0 Å². The molecule has 0 saturated heterocycles. The molecule has 1 aliphatic rings. The van der Waals surface area contributed by atoms with Crippen molar-refractivity contribution in [2.75, 3.05) is 6.54 Å². The first-order chi connectivity index (χ1) is 8.66. The molecule has 1 aromatic carbocycles. The predicted molar refractivity (Wildman–Crippen MR) is 76.1 cm³/mol. The van der Waals surface area contributed by atoms with E-state index in [1.54, 1.807) is 0 Å². The summed E-state index contributed by atoms with van der Waals surface area (Å²) in [5.74, 6) is 0.390. The summed E-state index contributed by atoms with van der Waals surface area (Å²) < 4.78 is 0. The molecule has 18 heavy (non-hydrogen) atoms. The summed E-state index contributed by atoms with van der Waals surface area (Å²) in [6.45, 7) is 1.63. The third kappa shape index (κ3) is 3.86. The van der Waals surface area contributed by atoms with Crippen molar-refractivity contribution in [3.63, 3.8) is 0 Å². The Morgan fingerprint density at radius 3 is 2.67 bits per heavy atom. The van der Waals surface area contributed by atoms with E-state index in [-0.39, 0.29) is 6.10 Å². The van der Waals surface area contributed by atoms with Gasteiger partial charge in [0.05, 0.1) is 16.1 Å². The molecule has 1 aliphatic carbocycles. The van der Waals surface area contributed by atoms with Gasteiger partial charge < -0.3 is 10.4 Å². The molecule has 0 radical (unpaired) electrons. The second-order valence-electron chi connectivity index (χ2n) is 4.99. The summed E-state index contributed by atoms with van der Waals surface area (Å²) in [4.78, 5) is 0. The molecule has 0 heterocycles. The van der Waals surface area contributed by atoms with Crippen LogP contribution in [-0.2, 0) is 6.54 Å². The Bertz CT molecular complexity index is 397. The molecule has 0 spiro atoms. The van der Waals surface area contributed by atoms with Crippen LogP contribution >= 0.6 is 23.2 Å². The standard InChI is InChI=1S/C14H19Cl2NO/c15-12-6-5-10(7-13(12)16)8-17-9-11-3-1-2-4-14(11)18/h5-7,11,14,17-18H,1-4,8-9H2. The van der Waals surface area contributed by atoms with E-state index in [2.05, 4.69) is 5.32 Å². The summed E-state index contributed by atoms with van der Waals surface area (Å²) in [7, 11) is 0. The Kier molecular flexibility index (Phi) is 5.31. The maximum Gasteiger partial charge on any atom is 0.0595 e. The average Bonchev–Trinajstić information content (AvgIpc) is 2.36. The van der Waals surface area contributed by atoms with E-state index in [0.717, 1.165) is 37.9 Å². The normalized spacial score (nSPS) is 24.2. The monoisotopic (exact) mass is 287 g/mol. The number of rotatable bonds is 4. The molecule has 2 atom stereocenters. The van der Waals surface area contributed by atoms with Crippen molar-refractivity contribution in [2.45, 2.75) is 38.3 Å². The minimum absolute atomic E-state index is 0.139. The molecular weight excluding hydrogens is 269 g/mol. The smallest absolute Gasteiger partial charge is 0.0595 e. The molecule has 2 rings (SSSR count). The Morgan fingerprint density at radius 1 is 1.17 bits per heavy atom. The zero-order valence-electron chi connectivity index (χ0n) is 10.3. The van der Waals surface area contributed by atoms with Crippen LogP contribution in [0.2, 0.25) is 10.0 Å². The molecule has 0 bridgehead atoms. The first-order valence-electron chi connectivity index (χ1n) is 6.49. The van der Waals surface area contributed by atoms with E-state index in [9.17, 15) is 5.11 Å². The van der Waals surface area contributed by atoms with E-state index in [4.69, 9.17) is 23.2 Å². The van der Waals surface area contributed by atoms with Gasteiger partial charge in [0.15, 0.2) is 0 Å². The van der Waals surface area contributed by atoms with E-state index >= 15 is 0 Å². The number of aliphatic hydroxyl groups is 1. The highest BCUT2D eigenvalue weighted by Gasteiger charge is 2.22. The third-order valence-corrected chi connectivity index (χ3v) is 4.33. The van der Waals surface area contributed by atoms with Crippen LogP contribution in [0.15, 0.2) is 18.2 Å². The van der Waals surface area contributed by atoms with E-state index in [1.165, 1.54) is 6.42 Å². The van der Waals surface area contributed by atoms with Crippen molar-refractivity contribution in [1.29, 1.82) is 0 Å². The Balaban J connectivity index is 1.79. The van der Waals surface area contributed by atoms with Gasteiger partial charge in [-0.05, 0) is 36.5 Å². The fraction of sp³-hybridized carbons (Fsp3) is 0.571. The van der Waals surface area contributed by atoms with Gasteiger partial charge in [-0.1, -0.05) is 42.1 Å². The van der Waals surface area contributed by atoms with Crippen LogP contribution in [-0.4, -0.2) is 17.8 Å². The average molecular weight is 288 g/mol. The second-order valence-corrected chi connectivity index (χ2v) is 5.81. The molecule has 0 aromatic heterocycles. The lowest BCUT2D eigenvalue weighted by Crippen LogP contribution is -2.33. The lowest BCUT2D eigenvalue weighted by molar-refractivity contribution is 0.0695. The van der Waals surface area contributed by atoms with Crippen molar-refractivity contribution < 1.29 is 5.11 Å². The predicted octanol–water partition coefficient (Wildman–Crippen LogP) is 3.63. The minimum atomic E-state index is -0.139. The third-order valence-electron chi connectivity index (χ3n) is 3.59. The van der Waals surface area contributed by atoms with Crippen LogP contribution in [0, 0.1) is 5.92 Å². The molecule has 0 aliphatic heterocycles. The lowest BCUT2D eigenvalue weighted by atomic mass is 9.86. The zero-order chi connectivity index (χ0) is 13.0. The van der Waals surface area contributed by atoms with Crippen LogP contribution in [0.4, 0.5) is 0 Å². The van der Waals surface area contributed by atoms with Crippen molar-refractivity contribution in [1.82, 2.24) is 5.32 Å². The number of aliphatic hydroxyl groups excluding tert-OH is 1. The summed E-state index contributed by atoms with van der Waals surface area (Å²) in [6, 6.07) is 5.67. The van der Waals surface area contributed by atoms with Crippen LogP contribution in [0.5, 0.6) is 0 Å². The first kappa shape index (κ1) is 14.1. The molecule has 2 unspecified atom stereocenters. The first-order valence-corrected chi connectivity index (χ1v) is 7.25. The summed E-state index contributed by atoms with van der Waals surface area (Å²) in [5.41, 5.74) is 1.12. The molecule has 1 aromatic rings. The van der Waals surface area contributed by atoms with Gasteiger partial charge in [0.2, 0.25) is 0 Å². The van der Waals surface area contributed by atoms with Gasteiger partial charge in [-0.25, -0.2) is 0 Å². The van der Waals surface area contributed by atoms with E-state index in [0.29, 0.717) is 16.0 Å². The number of nitrogens with one attached hydrogen (secondary N) is 1. The Hall–Kier alpha value is -0.280. The second kappa shape index (κ2) is 6.76. The SMILES string of the molecule is OC1CCCCC1CNCc1ccc(Cl)c(Cl)c1. The Morgan fingerprint density at radius 2 is 1.94 bits per heavy atom. The minimum Gasteiger partial charge on any atom is -0.393 e. The van der Waals surface area contributed by atoms with E-state index < -0.39 is 0 Å². The van der Waals surface area contributed by atoms with Crippen LogP contribution in [0.3, 0.4) is 0 Å². The summed E-state index contributed by atoms with van der Waals surface area (Å²) in [5, 5.41) is 14.4. The lowest BCUT2D eigenvalue weighted by Gasteiger charge is -2.27. The number of hydrogen-bond acceptors (Lipinski definition) is 2. The van der Waals surface area contributed by atoms with Crippen LogP contribution < -0.4 is 5.32 Å². The van der Waals surface area contributed by atoms with Crippen LogP contribution in [0.1, 0.15) is 31.2 Å². The molecule has 0 amide bonds. The summed E-state index contributed by atoms with van der Waals surface area (Å²) >= 11 is 11.8. The van der Waals surface area contributed by atoms with Gasteiger partial charge >= 0.3 is 0 Å². The molecule has 100 valence electrons. The molecule has 1 saturated carbocycles.